The van der Waals surface area contributed by atoms with E-state index in [0.29, 0.717) is 16.1 Å². The third-order valence-electron chi connectivity index (χ3n) is 4.01. The van der Waals surface area contributed by atoms with Crippen molar-refractivity contribution >= 4 is 39.5 Å². The smallest absolute Gasteiger partial charge is 0.586 e. The molecule has 1 unspecified atom stereocenters. The molecule has 4 rings (SSSR count). The second-order valence-electron chi connectivity index (χ2n) is 6.18. The zero-order chi connectivity index (χ0) is 19.3. The number of anilines is 1. The van der Waals surface area contributed by atoms with Crippen molar-refractivity contribution in [1.29, 1.82) is 0 Å². The molecule has 0 amide bonds. The summed E-state index contributed by atoms with van der Waals surface area (Å²) in [5, 5.41) is 0.772. The van der Waals surface area contributed by atoms with E-state index in [0.717, 1.165) is 11.3 Å². The molecule has 10 heteroatoms. The van der Waals surface area contributed by atoms with Crippen LogP contribution in [0.1, 0.15) is 5.56 Å². The van der Waals surface area contributed by atoms with Gasteiger partial charge in [0.1, 0.15) is 5.75 Å². The average molecular weight is 414 g/mol. The molecule has 142 valence electrons. The fourth-order valence-electron chi connectivity index (χ4n) is 2.85. The number of nitrogens with zero attached hydrogens (tertiary/aromatic N) is 2. The predicted molar refractivity (Wildman–Crippen MR) is 98.2 cm³/mol. The van der Waals surface area contributed by atoms with Crippen LogP contribution in [0.4, 0.5) is 14.5 Å². The summed E-state index contributed by atoms with van der Waals surface area (Å²) in [4.78, 5) is 9.05. The van der Waals surface area contributed by atoms with E-state index < -0.39 is 17.5 Å². The minimum absolute atomic E-state index is 0.0989. The van der Waals surface area contributed by atoms with Gasteiger partial charge in [-0.15, -0.1) is 8.78 Å². The highest BCUT2D eigenvalue weighted by Gasteiger charge is 2.43. The van der Waals surface area contributed by atoms with Crippen molar-refractivity contribution in [3.8, 4) is 11.5 Å². The average Bonchev–Trinajstić information content (AvgIpc) is 3.09. The molecular formula is C17H14ClF2N3O3S. The van der Waals surface area contributed by atoms with Crippen molar-refractivity contribution in [3.63, 3.8) is 0 Å². The normalized spacial score (nSPS) is 15.9. The highest BCUT2D eigenvalue weighted by molar-refractivity contribution is 7.90. The summed E-state index contributed by atoms with van der Waals surface area (Å²) in [6, 6.07) is 8.06. The molecule has 0 radical (unpaired) electrons. The Morgan fingerprint density at radius 1 is 1.22 bits per heavy atom. The lowest BCUT2D eigenvalue weighted by Gasteiger charge is -2.18. The maximum absolute atomic E-state index is 13.1. The molecule has 1 aliphatic heterocycles. The van der Waals surface area contributed by atoms with Crippen LogP contribution in [0.3, 0.4) is 0 Å². The van der Waals surface area contributed by atoms with Gasteiger partial charge in [-0.25, -0.2) is 0 Å². The number of nitrogens with one attached hydrogen (secondary N) is 1. The van der Waals surface area contributed by atoms with Crippen molar-refractivity contribution in [2.24, 2.45) is 0 Å². The van der Waals surface area contributed by atoms with Gasteiger partial charge in [0.2, 0.25) is 0 Å². The number of hydrogen-bond acceptors (Lipinski definition) is 5. The number of H-pyrrole nitrogens is 1. The van der Waals surface area contributed by atoms with Crippen molar-refractivity contribution < 1.29 is 22.8 Å². The van der Waals surface area contributed by atoms with E-state index in [2.05, 4.69) is 19.4 Å². The molecule has 0 fully saturated rings. The van der Waals surface area contributed by atoms with Gasteiger partial charge in [0.25, 0.3) is 0 Å². The third kappa shape index (κ3) is 3.50. The first-order valence-corrected chi connectivity index (χ1v) is 9.55. The second kappa shape index (κ2) is 6.43. The molecule has 1 aromatic heterocycles. The number of imidazole rings is 1. The number of aromatic nitrogens is 2. The van der Waals surface area contributed by atoms with Crippen LogP contribution in [0.5, 0.6) is 11.5 Å². The van der Waals surface area contributed by atoms with E-state index in [9.17, 15) is 13.3 Å². The van der Waals surface area contributed by atoms with Gasteiger partial charge < -0.3 is 18.9 Å². The molecule has 0 saturated carbocycles. The number of aromatic amines is 1. The van der Waals surface area contributed by atoms with Crippen LogP contribution in [-0.2, 0) is 16.9 Å². The summed E-state index contributed by atoms with van der Waals surface area (Å²) in [7, 11) is 3.77. The Morgan fingerprint density at radius 2 is 1.93 bits per heavy atom. The van der Waals surface area contributed by atoms with Gasteiger partial charge in [0, 0.05) is 53.7 Å². The van der Waals surface area contributed by atoms with Crippen LogP contribution in [-0.4, -0.2) is 34.9 Å². The Balaban J connectivity index is 1.63. The molecule has 2 heterocycles. The Kier molecular flexibility index (Phi) is 4.32. The quantitative estimate of drug-likeness (QED) is 0.656. The van der Waals surface area contributed by atoms with Crippen LogP contribution in [0.2, 0.25) is 5.02 Å². The number of ether oxygens (including phenoxy) is 2. The maximum Gasteiger partial charge on any atom is 0.586 e. The first kappa shape index (κ1) is 18.1. The summed E-state index contributed by atoms with van der Waals surface area (Å²) >= 11 is 4.57. The minimum Gasteiger partial charge on any atom is -0.609 e. The number of benzene rings is 2. The monoisotopic (exact) mass is 413 g/mol. The van der Waals surface area contributed by atoms with Gasteiger partial charge in [-0.05, 0) is 18.2 Å². The Morgan fingerprint density at radius 3 is 2.63 bits per heavy atom. The summed E-state index contributed by atoms with van der Waals surface area (Å²) in [6.07, 6.45) is -3.69. The first-order valence-electron chi connectivity index (χ1n) is 7.85. The van der Waals surface area contributed by atoms with Crippen LogP contribution < -0.4 is 14.4 Å². The van der Waals surface area contributed by atoms with Crippen LogP contribution in [0.25, 0.3) is 11.0 Å². The van der Waals surface area contributed by atoms with Crippen LogP contribution >= 0.6 is 11.6 Å². The molecule has 6 nitrogen and oxygen atoms in total. The van der Waals surface area contributed by atoms with E-state index in [1.807, 2.05) is 25.1 Å². The number of rotatable bonds is 4. The highest BCUT2D eigenvalue weighted by atomic mass is 35.5. The largest absolute Gasteiger partial charge is 0.609 e. The van der Waals surface area contributed by atoms with Crippen molar-refractivity contribution in [2.75, 3.05) is 19.0 Å². The number of alkyl halides is 2. The SMILES string of the molecule is CN(C)c1ccc(Cl)cc1C[S+]([O-])c1nc2cc3c(cc2[nH]1)OC(F)(F)O3. The van der Waals surface area contributed by atoms with E-state index in [1.165, 1.54) is 12.1 Å². The van der Waals surface area contributed by atoms with Crippen molar-refractivity contribution in [2.45, 2.75) is 17.2 Å². The zero-order valence-electron chi connectivity index (χ0n) is 14.3. The molecule has 1 atom stereocenters. The molecule has 0 bridgehead atoms. The topological polar surface area (TPSA) is 73.4 Å². The standard InChI is InChI=1S/C17H14ClF2N3O3S/c1-23(2)13-4-3-10(18)5-9(13)8-27(24)16-21-11-6-14-15(7-12(11)22-16)26-17(19,20)25-14/h3-7H,8H2,1-2H3,(H,21,22). The summed E-state index contributed by atoms with van der Waals surface area (Å²) in [5.41, 5.74) is 2.49. The molecule has 2 aromatic carbocycles. The summed E-state index contributed by atoms with van der Waals surface area (Å²) in [5.74, 6) is -0.0159. The second-order valence-corrected chi connectivity index (χ2v) is 7.99. The van der Waals surface area contributed by atoms with Gasteiger partial charge in [-0.1, -0.05) is 11.6 Å². The first-order chi connectivity index (χ1) is 12.7. The van der Waals surface area contributed by atoms with E-state index in [1.54, 1.807) is 12.1 Å². The van der Waals surface area contributed by atoms with E-state index in [4.69, 9.17) is 11.6 Å². The Labute approximate surface area is 161 Å². The lowest BCUT2D eigenvalue weighted by molar-refractivity contribution is -0.286. The van der Waals surface area contributed by atoms with E-state index in [-0.39, 0.29) is 22.4 Å². The summed E-state index contributed by atoms with van der Waals surface area (Å²) < 4.78 is 47.9. The third-order valence-corrected chi connectivity index (χ3v) is 5.44. The molecule has 3 aromatic rings. The lowest BCUT2D eigenvalue weighted by Crippen LogP contribution is -2.25. The van der Waals surface area contributed by atoms with Crippen molar-refractivity contribution in [3.05, 3.63) is 40.9 Å². The minimum atomic E-state index is -3.69. The van der Waals surface area contributed by atoms with Gasteiger partial charge in [0.15, 0.2) is 11.5 Å². The number of fused-ring (bicyclic) bond motifs is 2. The van der Waals surface area contributed by atoms with Crippen LogP contribution in [0.15, 0.2) is 35.5 Å². The molecule has 0 aliphatic carbocycles. The number of hydrogen-bond donors (Lipinski definition) is 1. The number of halogens is 3. The van der Waals surface area contributed by atoms with Crippen molar-refractivity contribution in [1.82, 2.24) is 9.97 Å². The molecule has 1 aliphatic rings. The molecule has 1 N–H and O–H groups in total. The van der Waals surface area contributed by atoms with Gasteiger partial charge in [0.05, 0.1) is 11.0 Å². The molecular weight excluding hydrogens is 400 g/mol. The highest BCUT2D eigenvalue weighted by Crippen LogP contribution is 2.43. The van der Waals surface area contributed by atoms with Gasteiger partial charge in [-0.3, -0.25) is 4.98 Å². The Bertz CT molecular complexity index is 983. The Hall–Kier alpha value is -2.23. The summed E-state index contributed by atoms with van der Waals surface area (Å²) in [6.45, 7) is 0. The fraction of sp³-hybridized carbons (Fsp3) is 0.235. The van der Waals surface area contributed by atoms with E-state index >= 15 is 0 Å². The maximum atomic E-state index is 13.1. The van der Waals surface area contributed by atoms with Gasteiger partial charge in [-0.2, -0.15) is 4.98 Å². The van der Waals surface area contributed by atoms with Crippen LogP contribution in [0, 0.1) is 0 Å². The molecule has 0 saturated heterocycles. The fourth-order valence-corrected chi connectivity index (χ4v) is 4.12. The predicted octanol–water partition coefficient (Wildman–Crippen LogP) is 3.91. The lowest BCUT2D eigenvalue weighted by atomic mass is 10.2. The zero-order valence-corrected chi connectivity index (χ0v) is 15.8. The van der Waals surface area contributed by atoms with Gasteiger partial charge >= 0.3 is 11.5 Å². The molecule has 0 spiro atoms. The molecule has 27 heavy (non-hydrogen) atoms.